The zero-order chi connectivity index (χ0) is 16.8. The van der Waals surface area contributed by atoms with Crippen LogP contribution in [0.1, 0.15) is 18.4 Å². The van der Waals surface area contributed by atoms with Gasteiger partial charge in [-0.1, -0.05) is 30.3 Å². The van der Waals surface area contributed by atoms with Gasteiger partial charge in [0.2, 0.25) is 11.0 Å². The van der Waals surface area contributed by atoms with Gasteiger partial charge in [0.05, 0.1) is 0 Å². The Labute approximate surface area is 143 Å². The molecular weight excluding hydrogens is 325 g/mol. The number of hydrogen-bond donors (Lipinski definition) is 1. The predicted octanol–water partition coefficient (Wildman–Crippen LogP) is 4.31. The molecule has 3 rings (SSSR count). The van der Waals surface area contributed by atoms with E-state index in [1.807, 2.05) is 18.2 Å². The molecule has 0 aliphatic heterocycles. The minimum absolute atomic E-state index is 0.0762. The monoisotopic (exact) mass is 341 g/mol. The van der Waals surface area contributed by atoms with Gasteiger partial charge in [0.15, 0.2) is 5.82 Å². The number of amides is 1. The van der Waals surface area contributed by atoms with E-state index < -0.39 is 0 Å². The van der Waals surface area contributed by atoms with Crippen molar-refractivity contribution in [3.63, 3.8) is 0 Å². The first-order valence-corrected chi connectivity index (χ1v) is 8.41. The number of aryl methyl sites for hydroxylation is 1. The highest BCUT2D eigenvalue weighted by Crippen LogP contribution is 2.21. The molecule has 0 bridgehead atoms. The average molecular weight is 341 g/mol. The zero-order valence-electron chi connectivity index (χ0n) is 12.9. The molecule has 4 nitrogen and oxygen atoms in total. The van der Waals surface area contributed by atoms with Crippen LogP contribution in [0.25, 0.3) is 11.4 Å². The number of hydrogen-bond acceptors (Lipinski definition) is 4. The first-order chi connectivity index (χ1) is 11.7. The van der Waals surface area contributed by atoms with Crippen molar-refractivity contribution in [2.45, 2.75) is 19.3 Å². The first kappa shape index (κ1) is 16.3. The fourth-order valence-electron chi connectivity index (χ4n) is 2.27. The molecule has 0 aliphatic carbocycles. The fourth-order valence-corrected chi connectivity index (χ4v) is 2.88. The van der Waals surface area contributed by atoms with Gasteiger partial charge in [0, 0.05) is 23.5 Å². The smallest absolute Gasteiger partial charge is 0.226 e. The van der Waals surface area contributed by atoms with Crippen LogP contribution in [0.2, 0.25) is 0 Å². The molecule has 122 valence electrons. The molecule has 0 spiro atoms. The van der Waals surface area contributed by atoms with Gasteiger partial charge in [-0.3, -0.25) is 4.79 Å². The maximum atomic E-state index is 12.9. The van der Waals surface area contributed by atoms with Crippen LogP contribution in [0.3, 0.4) is 0 Å². The number of halogens is 1. The van der Waals surface area contributed by atoms with Crippen LogP contribution in [-0.2, 0) is 11.2 Å². The normalized spacial score (nSPS) is 10.5. The summed E-state index contributed by atoms with van der Waals surface area (Å²) in [4.78, 5) is 16.2. The molecule has 0 radical (unpaired) electrons. The highest BCUT2D eigenvalue weighted by molar-refractivity contribution is 7.10. The Morgan fingerprint density at radius 2 is 1.83 bits per heavy atom. The quantitative estimate of drug-likeness (QED) is 0.727. The van der Waals surface area contributed by atoms with Crippen LogP contribution in [0, 0.1) is 5.82 Å². The van der Waals surface area contributed by atoms with Crippen molar-refractivity contribution in [1.82, 2.24) is 9.36 Å². The van der Waals surface area contributed by atoms with Crippen molar-refractivity contribution < 1.29 is 9.18 Å². The standard InChI is InChI=1S/C18H16FN3OS/c19-15-11-9-14(10-12-15)17-21-18(24-22-17)20-16(23)8-4-7-13-5-2-1-3-6-13/h1-3,5-6,9-12H,4,7-8H2,(H,20,21,22,23). The molecule has 6 heteroatoms. The van der Waals surface area contributed by atoms with Crippen LogP contribution in [0.4, 0.5) is 9.52 Å². The van der Waals surface area contributed by atoms with E-state index in [1.165, 1.54) is 17.7 Å². The molecule has 0 aliphatic rings. The van der Waals surface area contributed by atoms with E-state index in [1.54, 1.807) is 12.1 Å². The summed E-state index contributed by atoms with van der Waals surface area (Å²) >= 11 is 1.12. The molecule has 0 atom stereocenters. The van der Waals surface area contributed by atoms with Gasteiger partial charge in [0.1, 0.15) is 5.82 Å². The van der Waals surface area contributed by atoms with Gasteiger partial charge >= 0.3 is 0 Å². The van der Waals surface area contributed by atoms with Crippen molar-refractivity contribution in [3.8, 4) is 11.4 Å². The number of carbonyl (C=O) groups is 1. The van der Waals surface area contributed by atoms with Gasteiger partial charge in [-0.2, -0.15) is 9.36 Å². The summed E-state index contributed by atoms with van der Waals surface area (Å²) < 4.78 is 17.1. The van der Waals surface area contributed by atoms with E-state index in [0.717, 1.165) is 29.9 Å². The van der Waals surface area contributed by atoms with Crippen molar-refractivity contribution in [3.05, 3.63) is 66.0 Å². The molecule has 0 saturated carbocycles. The van der Waals surface area contributed by atoms with E-state index >= 15 is 0 Å². The third kappa shape index (κ3) is 4.45. The predicted molar refractivity (Wildman–Crippen MR) is 93.3 cm³/mol. The Bertz CT molecular complexity index is 803. The molecule has 0 fully saturated rings. The Morgan fingerprint density at radius 1 is 1.08 bits per heavy atom. The molecular formula is C18H16FN3OS. The lowest BCUT2D eigenvalue weighted by Gasteiger charge is -2.02. The molecule has 1 amide bonds. The Hall–Kier alpha value is -2.60. The van der Waals surface area contributed by atoms with Crippen molar-refractivity contribution in [2.75, 3.05) is 5.32 Å². The van der Waals surface area contributed by atoms with E-state index in [0.29, 0.717) is 17.4 Å². The third-order valence-electron chi connectivity index (χ3n) is 3.49. The van der Waals surface area contributed by atoms with Crippen LogP contribution in [0.15, 0.2) is 54.6 Å². The van der Waals surface area contributed by atoms with E-state index in [9.17, 15) is 9.18 Å². The van der Waals surface area contributed by atoms with Gasteiger partial charge in [-0.25, -0.2) is 4.39 Å². The number of anilines is 1. The number of nitrogens with one attached hydrogen (secondary N) is 1. The largest absolute Gasteiger partial charge is 0.301 e. The molecule has 24 heavy (non-hydrogen) atoms. The van der Waals surface area contributed by atoms with Gasteiger partial charge < -0.3 is 5.32 Å². The van der Waals surface area contributed by atoms with Crippen molar-refractivity contribution in [1.29, 1.82) is 0 Å². The van der Waals surface area contributed by atoms with Crippen LogP contribution in [0.5, 0.6) is 0 Å². The third-order valence-corrected chi connectivity index (χ3v) is 4.12. The van der Waals surface area contributed by atoms with Crippen molar-refractivity contribution >= 4 is 22.6 Å². The molecule has 1 aromatic heterocycles. The lowest BCUT2D eigenvalue weighted by atomic mass is 10.1. The molecule has 2 aromatic carbocycles. The van der Waals surface area contributed by atoms with Crippen LogP contribution >= 0.6 is 11.5 Å². The summed E-state index contributed by atoms with van der Waals surface area (Å²) in [7, 11) is 0. The number of benzene rings is 2. The molecule has 0 saturated heterocycles. The lowest BCUT2D eigenvalue weighted by Crippen LogP contribution is -2.11. The number of aromatic nitrogens is 2. The van der Waals surface area contributed by atoms with E-state index in [4.69, 9.17) is 0 Å². The summed E-state index contributed by atoms with van der Waals surface area (Å²) in [5.41, 5.74) is 1.94. The molecule has 1 heterocycles. The number of rotatable bonds is 6. The Morgan fingerprint density at radius 3 is 2.58 bits per heavy atom. The lowest BCUT2D eigenvalue weighted by molar-refractivity contribution is -0.116. The topological polar surface area (TPSA) is 54.9 Å². The second-order valence-electron chi connectivity index (χ2n) is 5.32. The second-order valence-corrected chi connectivity index (χ2v) is 6.07. The maximum absolute atomic E-state index is 12.9. The minimum atomic E-state index is -0.305. The SMILES string of the molecule is O=C(CCCc1ccccc1)Nc1nc(-c2ccc(F)cc2)ns1. The van der Waals surface area contributed by atoms with Crippen LogP contribution < -0.4 is 5.32 Å². The van der Waals surface area contributed by atoms with Crippen molar-refractivity contribution in [2.24, 2.45) is 0 Å². The summed E-state index contributed by atoms with van der Waals surface area (Å²) in [6.07, 6.45) is 2.07. The first-order valence-electron chi connectivity index (χ1n) is 7.64. The molecule has 0 unspecified atom stereocenters. The van der Waals surface area contributed by atoms with E-state index in [-0.39, 0.29) is 11.7 Å². The van der Waals surface area contributed by atoms with Gasteiger partial charge in [-0.05, 0) is 42.7 Å². The molecule has 1 N–H and O–H groups in total. The van der Waals surface area contributed by atoms with E-state index in [2.05, 4.69) is 26.8 Å². The maximum Gasteiger partial charge on any atom is 0.226 e. The Balaban J connectivity index is 1.51. The highest BCUT2D eigenvalue weighted by Gasteiger charge is 2.09. The zero-order valence-corrected chi connectivity index (χ0v) is 13.7. The summed E-state index contributed by atoms with van der Waals surface area (Å²) in [6.45, 7) is 0. The number of nitrogens with zero attached hydrogens (tertiary/aromatic N) is 2. The fraction of sp³-hybridized carbons (Fsp3) is 0.167. The summed E-state index contributed by atoms with van der Waals surface area (Å²) in [5.74, 6) is 0.105. The second kappa shape index (κ2) is 7.79. The molecule has 3 aromatic rings. The minimum Gasteiger partial charge on any atom is -0.301 e. The Kier molecular flexibility index (Phi) is 5.28. The van der Waals surface area contributed by atoms with Gasteiger partial charge in [-0.15, -0.1) is 0 Å². The highest BCUT2D eigenvalue weighted by atomic mass is 32.1. The number of carbonyl (C=O) groups excluding carboxylic acids is 1. The summed E-state index contributed by atoms with van der Waals surface area (Å²) in [6, 6.07) is 16.0. The summed E-state index contributed by atoms with van der Waals surface area (Å²) in [5, 5.41) is 3.22. The van der Waals surface area contributed by atoms with Crippen LogP contribution in [-0.4, -0.2) is 15.3 Å². The van der Waals surface area contributed by atoms with Gasteiger partial charge in [0.25, 0.3) is 0 Å². The average Bonchev–Trinajstić information content (AvgIpc) is 3.05.